The molecule has 1 aromatic heterocycles. The molecule has 26 heavy (non-hydrogen) atoms. The van der Waals surface area contributed by atoms with Crippen LogP contribution in [0.5, 0.6) is 0 Å². The average Bonchev–Trinajstić information content (AvgIpc) is 2.66. The van der Waals surface area contributed by atoms with E-state index in [4.69, 9.17) is 11.6 Å². The Kier molecular flexibility index (Phi) is 6.71. The third-order valence-electron chi connectivity index (χ3n) is 4.26. The smallest absolute Gasteiger partial charge is 0.254 e. The van der Waals surface area contributed by atoms with Crippen molar-refractivity contribution in [2.75, 3.05) is 32.7 Å². The summed E-state index contributed by atoms with van der Waals surface area (Å²) in [6.07, 6.45) is 3.23. The molecule has 7 heteroatoms. The molecule has 136 valence electrons. The maximum atomic E-state index is 12.0. The number of nitrogens with one attached hydrogen (secondary N) is 1. The average molecular weight is 372 g/mol. The number of hydrazone groups is 1. The summed E-state index contributed by atoms with van der Waals surface area (Å²) in [6, 6.07) is 13.5. The van der Waals surface area contributed by atoms with Gasteiger partial charge in [0.1, 0.15) is 0 Å². The second-order valence-corrected chi connectivity index (χ2v) is 6.60. The Labute approximate surface area is 158 Å². The molecule has 3 rings (SSSR count). The van der Waals surface area contributed by atoms with Gasteiger partial charge in [0.15, 0.2) is 0 Å². The number of nitrogens with zero attached hydrogens (tertiary/aromatic N) is 4. The molecule has 0 saturated carbocycles. The highest BCUT2D eigenvalue weighted by Crippen LogP contribution is 2.17. The predicted molar refractivity (Wildman–Crippen MR) is 103 cm³/mol. The number of rotatable bonds is 6. The fourth-order valence-corrected chi connectivity index (χ4v) is 3.03. The summed E-state index contributed by atoms with van der Waals surface area (Å²) < 4.78 is 0. The van der Waals surface area contributed by atoms with Gasteiger partial charge in [-0.2, -0.15) is 5.10 Å². The molecule has 1 aliphatic rings. The molecule has 0 aliphatic carbocycles. The van der Waals surface area contributed by atoms with Crippen LogP contribution in [0.4, 0.5) is 0 Å². The van der Waals surface area contributed by atoms with Crippen molar-refractivity contribution in [3.8, 4) is 0 Å². The summed E-state index contributed by atoms with van der Waals surface area (Å²) >= 11 is 6.23. The lowest BCUT2D eigenvalue weighted by molar-refractivity contribution is -0.122. The van der Waals surface area contributed by atoms with E-state index in [1.807, 2.05) is 36.4 Å². The number of aromatic nitrogens is 1. The zero-order chi connectivity index (χ0) is 18.2. The van der Waals surface area contributed by atoms with Gasteiger partial charge in [0.25, 0.3) is 5.91 Å². The minimum atomic E-state index is -0.114. The minimum Gasteiger partial charge on any atom is -0.296 e. The zero-order valence-electron chi connectivity index (χ0n) is 14.5. The Balaban J connectivity index is 1.39. The van der Waals surface area contributed by atoms with E-state index in [0.29, 0.717) is 12.2 Å². The maximum Gasteiger partial charge on any atom is 0.254 e. The molecule has 1 saturated heterocycles. The molecule has 0 unspecified atom stereocenters. The quantitative estimate of drug-likeness (QED) is 0.623. The lowest BCUT2D eigenvalue weighted by atomic mass is 10.2. The van der Waals surface area contributed by atoms with E-state index in [9.17, 15) is 4.79 Å². The molecule has 6 nitrogen and oxygen atoms in total. The van der Waals surface area contributed by atoms with Crippen molar-refractivity contribution >= 4 is 23.7 Å². The number of halogens is 1. The van der Waals surface area contributed by atoms with E-state index >= 15 is 0 Å². The van der Waals surface area contributed by atoms with Gasteiger partial charge in [-0.05, 0) is 23.8 Å². The highest BCUT2D eigenvalue weighted by molar-refractivity contribution is 6.31. The zero-order valence-corrected chi connectivity index (χ0v) is 15.3. The van der Waals surface area contributed by atoms with Crippen LogP contribution >= 0.6 is 11.6 Å². The van der Waals surface area contributed by atoms with Gasteiger partial charge in [0.2, 0.25) is 0 Å². The monoisotopic (exact) mass is 371 g/mol. The minimum absolute atomic E-state index is 0.114. The van der Waals surface area contributed by atoms with E-state index in [1.165, 1.54) is 0 Å². The first-order valence-corrected chi connectivity index (χ1v) is 8.99. The molecule has 1 amide bonds. The Bertz CT molecular complexity index is 745. The highest BCUT2D eigenvalue weighted by Gasteiger charge is 2.19. The molecule has 0 atom stereocenters. The van der Waals surface area contributed by atoms with Crippen molar-refractivity contribution in [3.63, 3.8) is 0 Å². The number of piperazine rings is 1. The first-order valence-electron chi connectivity index (χ1n) is 8.62. The topological polar surface area (TPSA) is 60.8 Å². The van der Waals surface area contributed by atoms with E-state index in [2.05, 4.69) is 31.4 Å². The standard InChI is InChI=1S/C19H22ClN5O/c20-18-7-2-1-5-16(18)14-24-9-11-25(12-10-24)15-19(26)23-22-13-17-6-3-4-8-21-17/h1-8,13H,9-12,14-15H2,(H,23,26)/b22-13-. The molecular formula is C19H22ClN5O. The van der Waals surface area contributed by atoms with Crippen LogP contribution < -0.4 is 5.43 Å². The first kappa shape index (κ1) is 18.5. The van der Waals surface area contributed by atoms with E-state index in [1.54, 1.807) is 12.4 Å². The van der Waals surface area contributed by atoms with Gasteiger partial charge < -0.3 is 0 Å². The van der Waals surface area contributed by atoms with Crippen LogP contribution in [0.2, 0.25) is 5.02 Å². The Morgan fingerprint density at radius 3 is 2.58 bits per heavy atom. The molecule has 0 radical (unpaired) electrons. The molecule has 1 fully saturated rings. The van der Waals surface area contributed by atoms with Crippen molar-refractivity contribution in [1.82, 2.24) is 20.2 Å². The number of carbonyl (C=O) groups excluding carboxylic acids is 1. The number of pyridine rings is 1. The van der Waals surface area contributed by atoms with Crippen LogP contribution in [-0.4, -0.2) is 59.6 Å². The largest absolute Gasteiger partial charge is 0.296 e. The summed E-state index contributed by atoms with van der Waals surface area (Å²) in [6.45, 7) is 4.71. The first-order chi connectivity index (χ1) is 12.7. The van der Waals surface area contributed by atoms with Gasteiger partial charge in [-0.15, -0.1) is 0 Å². The second kappa shape index (κ2) is 9.43. The molecule has 2 aromatic rings. The van der Waals surface area contributed by atoms with Crippen molar-refractivity contribution in [2.24, 2.45) is 5.10 Å². The van der Waals surface area contributed by atoms with Crippen LogP contribution in [0.25, 0.3) is 0 Å². The molecule has 1 N–H and O–H groups in total. The molecule has 2 heterocycles. The van der Waals surface area contributed by atoms with E-state index in [0.717, 1.165) is 43.3 Å². The summed E-state index contributed by atoms with van der Waals surface area (Å²) in [4.78, 5) is 20.6. The molecular weight excluding hydrogens is 350 g/mol. The van der Waals surface area contributed by atoms with Gasteiger partial charge in [-0.1, -0.05) is 35.9 Å². The van der Waals surface area contributed by atoms with Gasteiger partial charge in [-0.3, -0.25) is 19.6 Å². The van der Waals surface area contributed by atoms with Crippen molar-refractivity contribution in [3.05, 3.63) is 64.9 Å². The molecule has 1 aliphatic heterocycles. The lowest BCUT2D eigenvalue weighted by Crippen LogP contribution is -2.48. The SMILES string of the molecule is O=C(CN1CCN(Cc2ccccc2Cl)CC1)N/N=C\c1ccccn1. The van der Waals surface area contributed by atoms with Crippen molar-refractivity contribution in [1.29, 1.82) is 0 Å². The fourth-order valence-electron chi connectivity index (χ4n) is 2.83. The van der Waals surface area contributed by atoms with Crippen molar-refractivity contribution < 1.29 is 4.79 Å². The third-order valence-corrected chi connectivity index (χ3v) is 4.63. The number of hydrogen-bond acceptors (Lipinski definition) is 5. The summed E-state index contributed by atoms with van der Waals surface area (Å²) in [5, 5.41) is 4.75. The normalized spacial score (nSPS) is 16.0. The van der Waals surface area contributed by atoms with Crippen LogP contribution in [-0.2, 0) is 11.3 Å². The summed E-state index contributed by atoms with van der Waals surface area (Å²) in [7, 11) is 0. The third kappa shape index (κ3) is 5.62. The summed E-state index contributed by atoms with van der Waals surface area (Å²) in [5.74, 6) is -0.114. The van der Waals surface area contributed by atoms with Crippen molar-refractivity contribution in [2.45, 2.75) is 6.54 Å². The Morgan fingerprint density at radius 1 is 1.12 bits per heavy atom. The lowest BCUT2D eigenvalue weighted by Gasteiger charge is -2.34. The van der Waals surface area contributed by atoms with E-state index in [-0.39, 0.29) is 5.91 Å². The van der Waals surface area contributed by atoms with Gasteiger partial charge in [0.05, 0.1) is 18.5 Å². The van der Waals surface area contributed by atoms with Crippen LogP contribution in [0.15, 0.2) is 53.8 Å². The predicted octanol–water partition coefficient (Wildman–Crippen LogP) is 2.00. The molecule has 1 aromatic carbocycles. The van der Waals surface area contributed by atoms with Gasteiger partial charge in [-0.25, -0.2) is 5.43 Å². The second-order valence-electron chi connectivity index (χ2n) is 6.19. The Morgan fingerprint density at radius 2 is 1.85 bits per heavy atom. The molecule has 0 bridgehead atoms. The summed E-state index contributed by atoms with van der Waals surface area (Å²) in [5.41, 5.74) is 4.41. The Hall–Kier alpha value is -2.28. The van der Waals surface area contributed by atoms with E-state index < -0.39 is 0 Å². The number of hydrogen-bond donors (Lipinski definition) is 1. The van der Waals surface area contributed by atoms with Crippen LogP contribution in [0, 0.1) is 0 Å². The number of amides is 1. The highest BCUT2D eigenvalue weighted by atomic mass is 35.5. The fraction of sp³-hybridized carbons (Fsp3) is 0.316. The van der Waals surface area contributed by atoms with Gasteiger partial charge >= 0.3 is 0 Å². The maximum absolute atomic E-state index is 12.0. The van der Waals surface area contributed by atoms with Crippen LogP contribution in [0.3, 0.4) is 0 Å². The van der Waals surface area contributed by atoms with Gasteiger partial charge in [0, 0.05) is 43.9 Å². The number of benzene rings is 1. The number of carbonyl (C=O) groups is 1. The van der Waals surface area contributed by atoms with Crippen LogP contribution in [0.1, 0.15) is 11.3 Å². The molecule has 0 spiro atoms.